The highest BCUT2D eigenvalue weighted by atomic mass is 16.6. The first-order valence-corrected chi connectivity index (χ1v) is 11.2. The zero-order valence-electron chi connectivity index (χ0n) is 18.9. The monoisotopic (exact) mass is 434 g/mol. The van der Waals surface area contributed by atoms with Crippen molar-refractivity contribution in [1.82, 2.24) is 0 Å². The molecule has 0 aromatic heterocycles. The Bertz CT molecular complexity index is 888. The standard InChI is InChI=1S/C24H34O7/c1-6-7-16(26)31-20-12(2)9-22-13(3)10-23(29)17(21(23,4)5)15(19(22)28)8-14(11-25)18(27)24(20,22)30/h8-9,13,15,17-18,20,25,27,29-30H,6-7,10-11H2,1-5H3/t13-,15+,17-,18-,20+,22+,23+,24+/m1/s1. The SMILES string of the molecule is CCCC(=O)O[C@H]1C(C)=C[C@]23C(=O)[C@@H](C=C(CO)[C@@H](O)[C@]12O)[C@@H]1C(C)(C)[C@]1(O)C[C@H]3C. The average Bonchev–Trinajstić information content (AvgIpc) is 3.05. The summed E-state index contributed by atoms with van der Waals surface area (Å²) in [7, 11) is 0. The van der Waals surface area contributed by atoms with Gasteiger partial charge in [0.1, 0.15) is 6.10 Å². The van der Waals surface area contributed by atoms with Crippen molar-refractivity contribution in [2.24, 2.45) is 28.6 Å². The fourth-order valence-corrected chi connectivity index (χ4v) is 7.09. The normalized spacial score (nSPS) is 47.4. The summed E-state index contributed by atoms with van der Waals surface area (Å²) in [6.07, 6.45) is 1.33. The molecule has 2 bridgehead atoms. The number of ketones is 1. The Morgan fingerprint density at radius 1 is 1.29 bits per heavy atom. The van der Waals surface area contributed by atoms with Crippen LogP contribution in [0.1, 0.15) is 53.9 Å². The number of fused-ring (bicyclic) bond motifs is 3. The van der Waals surface area contributed by atoms with Crippen LogP contribution in [0.2, 0.25) is 0 Å². The Balaban J connectivity index is 1.93. The van der Waals surface area contributed by atoms with Crippen LogP contribution in [0.25, 0.3) is 0 Å². The smallest absolute Gasteiger partial charge is 0.306 e. The van der Waals surface area contributed by atoms with Gasteiger partial charge in [0.15, 0.2) is 17.5 Å². The molecule has 7 heteroatoms. The van der Waals surface area contributed by atoms with Crippen molar-refractivity contribution in [3.63, 3.8) is 0 Å². The number of Topliss-reactive ketones (excluding diaryl/α,β-unsaturated/α-hetero) is 1. The molecule has 2 saturated carbocycles. The van der Waals surface area contributed by atoms with E-state index in [1.807, 2.05) is 20.8 Å². The molecule has 4 rings (SSSR count). The summed E-state index contributed by atoms with van der Waals surface area (Å²) in [5, 5.41) is 45.0. The molecule has 0 saturated heterocycles. The van der Waals surface area contributed by atoms with Crippen molar-refractivity contribution in [3.05, 3.63) is 23.3 Å². The Hall–Kier alpha value is -1.54. The molecule has 4 aliphatic carbocycles. The van der Waals surface area contributed by atoms with Crippen molar-refractivity contribution < 1.29 is 34.8 Å². The second-order valence-electron chi connectivity index (χ2n) is 10.6. The molecular formula is C24H34O7. The van der Waals surface area contributed by atoms with Gasteiger partial charge in [-0.05, 0) is 36.8 Å². The summed E-state index contributed by atoms with van der Waals surface area (Å²) in [6, 6.07) is 0. The van der Waals surface area contributed by atoms with Crippen LogP contribution in [0.5, 0.6) is 0 Å². The number of carbonyl (C=O) groups excluding carboxylic acids is 2. The molecule has 0 aromatic carbocycles. The van der Waals surface area contributed by atoms with E-state index < -0.39 is 58.7 Å². The van der Waals surface area contributed by atoms with Gasteiger partial charge in [0.2, 0.25) is 0 Å². The number of hydrogen-bond donors (Lipinski definition) is 4. The minimum atomic E-state index is -2.17. The van der Waals surface area contributed by atoms with Crippen molar-refractivity contribution in [3.8, 4) is 0 Å². The van der Waals surface area contributed by atoms with Gasteiger partial charge in [-0.3, -0.25) is 9.59 Å². The summed E-state index contributed by atoms with van der Waals surface area (Å²) >= 11 is 0. The third kappa shape index (κ3) is 2.49. The van der Waals surface area contributed by atoms with E-state index in [-0.39, 0.29) is 30.1 Å². The molecular weight excluding hydrogens is 400 g/mol. The number of aliphatic hydroxyl groups excluding tert-OH is 2. The molecule has 0 aromatic rings. The Labute approximate surface area is 182 Å². The number of aliphatic hydroxyl groups is 4. The quantitative estimate of drug-likeness (QED) is 0.388. The van der Waals surface area contributed by atoms with Gasteiger partial charge < -0.3 is 25.2 Å². The Morgan fingerprint density at radius 2 is 1.94 bits per heavy atom. The highest BCUT2D eigenvalue weighted by molar-refractivity contribution is 5.95. The Morgan fingerprint density at radius 3 is 2.52 bits per heavy atom. The lowest BCUT2D eigenvalue weighted by molar-refractivity contribution is -0.204. The van der Waals surface area contributed by atoms with Crippen molar-refractivity contribution >= 4 is 11.8 Å². The largest absolute Gasteiger partial charge is 0.455 e. The molecule has 0 heterocycles. The van der Waals surface area contributed by atoms with Crippen LogP contribution in [0, 0.1) is 28.6 Å². The van der Waals surface area contributed by atoms with E-state index in [9.17, 15) is 30.0 Å². The van der Waals surface area contributed by atoms with E-state index in [1.54, 1.807) is 19.9 Å². The van der Waals surface area contributed by atoms with Gasteiger partial charge in [-0.1, -0.05) is 39.8 Å². The molecule has 4 N–H and O–H groups in total. The van der Waals surface area contributed by atoms with Gasteiger partial charge >= 0.3 is 5.97 Å². The first-order chi connectivity index (χ1) is 14.3. The van der Waals surface area contributed by atoms with E-state index in [0.29, 0.717) is 12.0 Å². The molecule has 4 aliphatic rings. The van der Waals surface area contributed by atoms with Crippen LogP contribution < -0.4 is 0 Å². The second kappa shape index (κ2) is 6.73. The number of carbonyl (C=O) groups is 2. The van der Waals surface area contributed by atoms with E-state index in [4.69, 9.17) is 4.74 Å². The fraction of sp³-hybridized carbons (Fsp3) is 0.750. The maximum atomic E-state index is 14.1. The van der Waals surface area contributed by atoms with Crippen LogP contribution in [-0.4, -0.2) is 62.2 Å². The summed E-state index contributed by atoms with van der Waals surface area (Å²) in [5.74, 6) is -2.52. The lowest BCUT2D eigenvalue weighted by atomic mass is 9.59. The zero-order valence-corrected chi connectivity index (χ0v) is 18.9. The summed E-state index contributed by atoms with van der Waals surface area (Å²) < 4.78 is 5.64. The molecule has 0 unspecified atom stereocenters. The van der Waals surface area contributed by atoms with Crippen LogP contribution in [-0.2, 0) is 14.3 Å². The molecule has 1 spiro atoms. The first kappa shape index (κ1) is 22.6. The zero-order chi connectivity index (χ0) is 23.1. The first-order valence-electron chi connectivity index (χ1n) is 11.2. The summed E-state index contributed by atoms with van der Waals surface area (Å²) in [6.45, 7) is 8.59. The second-order valence-corrected chi connectivity index (χ2v) is 10.6. The lowest BCUT2D eigenvalue weighted by Gasteiger charge is -2.49. The van der Waals surface area contributed by atoms with E-state index in [2.05, 4.69) is 0 Å². The number of hydrogen-bond acceptors (Lipinski definition) is 7. The van der Waals surface area contributed by atoms with Gasteiger partial charge in [0.05, 0.1) is 17.6 Å². The van der Waals surface area contributed by atoms with Crippen LogP contribution in [0.4, 0.5) is 0 Å². The van der Waals surface area contributed by atoms with E-state index in [1.165, 1.54) is 6.08 Å². The van der Waals surface area contributed by atoms with Gasteiger partial charge in [-0.15, -0.1) is 0 Å². The minimum Gasteiger partial charge on any atom is -0.455 e. The topological polar surface area (TPSA) is 124 Å². The van der Waals surface area contributed by atoms with Gasteiger partial charge in [0, 0.05) is 23.7 Å². The molecule has 7 nitrogen and oxygen atoms in total. The molecule has 0 radical (unpaired) electrons. The number of ether oxygens (including phenoxy) is 1. The van der Waals surface area contributed by atoms with E-state index >= 15 is 0 Å². The number of esters is 1. The van der Waals surface area contributed by atoms with Gasteiger partial charge in [-0.25, -0.2) is 0 Å². The fourth-order valence-electron chi connectivity index (χ4n) is 7.09. The number of allylic oxidation sites excluding steroid dienone is 1. The van der Waals surface area contributed by atoms with Gasteiger partial charge in [0.25, 0.3) is 0 Å². The maximum absolute atomic E-state index is 14.1. The summed E-state index contributed by atoms with van der Waals surface area (Å²) in [4.78, 5) is 26.5. The predicted octanol–water partition coefficient (Wildman–Crippen LogP) is 1.28. The molecule has 2 fully saturated rings. The van der Waals surface area contributed by atoms with Gasteiger partial charge in [-0.2, -0.15) is 0 Å². The highest BCUT2D eigenvalue weighted by Gasteiger charge is 2.81. The van der Waals surface area contributed by atoms with E-state index in [0.717, 1.165) is 0 Å². The Kier molecular flexibility index (Phi) is 4.92. The average molecular weight is 435 g/mol. The highest BCUT2D eigenvalue weighted by Crippen LogP contribution is 2.73. The van der Waals surface area contributed by atoms with Crippen LogP contribution in [0.3, 0.4) is 0 Å². The molecule has 0 amide bonds. The molecule has 8 atom stereocenters. The molecule has 172 valence electrons. The van der Waals surface area contributed by atoms with Crippen LogP contribution in [0.15, 0.2) is 23.3 Å². The third-order valence-electron chi connectivity index (χ3n) is 8.77. The van der Waals surface area contributed by atoms with Crippen LogP contribution >= 0.6 is 0 Å². The third-order valence-corrected chi connectivity index (χ3v) is 8.77. The molecule has 0 aliphatic heterocycles. The van der Waals surface area contributed by atoms with Crippen molar-refractivity contribution in [2.75, 3.05) is 6.61 Å². The van der Waals surface area contributed by atoms with Crippen molar-refractivity contribution in [1.29, 1.82) is 0 Å². The molecule has 31 heavy (non-hydrogen) atoms. The lowest BCUT2D eigenvalue weighted by Crippen LogP contribution is -2.66. The van der Waals surface area contributed by atoms with Crippen molar-refractivity contribution in [2.45, 2.75) is 77.3 Å². The summed E-state index contributed by atoms with van der Waals surface area (Å²) in [5.41, 5.74) is -4.73. The predicted molar refractivity (Wildman–Crippen MR) is 112 cm³/mol. The maximum Gasteiger partial charge on any atom is 0.306 e. The number of rotatable bonds is 4. The minimum absolute atomic E-state index is 0.113.